The molecule has 0 spiro atoms. The van der Waals surface area contributed by atoms with Gasteiger partial charge in [-0.2, -0.15) is 0 Å². The molecule has 0 saturated carbocycles. The summed E-state index contributed by atoms with van der Waals surface area (Å²) in [5.74, 6) is 0. The fourth-order valence-electron chi connectivity index (χ4n) is 2.80. The van der Waals surface area contributed by atoms with E-state index in [2.05, 4.69) is 33.1 Å². The third-order valence-corrected chi connectivity index (χ3v) is 4.53. The Morgan fingerprint density at radius 1 is 1.48 bits per heavy atom. The van der Waals surface area contributed by atoms with Crippen molar-refractivity contribution in [2.24, 2.45) is 0 Å². The van der Waals surface area contributed by atoms with Crippen molar-refractivity contribution in [2.45, 2.75) is 38.6 Å². The highest BCUT2D eigenvalue weighted by Gasteiger charge is 2.17. The molecule has 0 amide bonds. The van der Waals surface area contributed by atoms with E-state index in [9.17, 15) is 10.1 Å². The highest BCUT2D eigenvalue weighted by molar-refractivity contribution is 9.10. The van der Waals surface area contributed by atoms with Crippen LogP contribution in [0.5, 0.6) is 0 Å². The van der Waals surface area contributed by atoms with E-state index in [-0.39, 0.29) is 10.6 Å². The topological polar surface area (TPSA) is 58.4 Å². The molecular weight excluding hydrogens is 334 g/mol. The lowest BCUT2D eigenvalue weighted by atomic mass is 10.0. The van der Waals surface area contributed by atoms with Gasteiger partial charge in [0.15, 0.2) is 0 Å². The molecule has 0 bridgehead atoms. The van der Waals surface area contributed by atoms with Crippen molar-refractivity contribution in [3.63, 3.8) is 0 Å². The zero-order valence-corrected chi connectivity index (χ0v) is 13.9. The lowest BCUT2D eigenvalue weighted by molar-refractivity contribution is -0.384. The quantitative estimate of drug-likeness (QED) is 0.475. The Bertz CT molecular complexity index is 496. The summed E-state index contributed by atoms with van der Waals surface area (Å²) in [5, 5.41) is 14.2. The van der Waals surface area contributed by atoms with Crippen LogP contribution in [0.3, 0.4) is 0 Å². The van der Waals surface area contributed by atoms with Crippen LogP contribution < -0.4 is 5.32 Å². The average Bonchev–Trinajstić information content (AvgIpc) is 2.46. The Kier molecular flexibility index (Phi) is 5.99. The molecule has 0 aliphatic carbocycles. The lowest BCUT2D eigenvalue weighted by Crippen LogP contribution is -2.38. The summed E-state index contributed by atoms with van der Waals surface area (Å²) < 4.78 is 0.724. The molecule has 6 heteroatoms. The van der Waals surface area contributed by atoms with Crippen LogP contribution in [-0.4, -0.2) is 35.5 Å². The first-order valence-electron chi connectivity index (χ1n) is 7.50. The molecule has 1 aliphatic heterocycles. The van der Waals surface area contributed by atoms with Crippen LogP contribution in [0.25, 0.3) is 0 Å². The molecule has 0 radical (unpaired) electrons. The minimum absolute atomic E-state index is 0.121. The Morgan fingerprint density at radius 2 is 2.29 bits per heavy atom. The summed E-state index contributed by atoms with van der Waals surface area (Å²) in [7, 11) is 0. The SMILES string of the molecule is CC1CCCCN1CCCNc1ccc(Br)cc1[N+](=O)[O-]. The first-order chi connectivity index (χ1) is 10.1. The molecule has 21 heavy (non-hydrogen) atoms. The van der Waals surface area contributed by atoms with Crippen LogP contribution in [0.15, 0.2) is 22.7 Å². The van der Waals surface area contributed by atoms with E-state index >= 15 is 0 Å². The molecule has 0 aromatic heterocycles. The molecule has 5 nitrogen and oxygen atoms in total. The number of anilines is 1. The van der Waals surface area contributed by atoms with Gasteiger partial charge in [-0.25, -0.2) is 0 Å². The fraction of sp³-hybridized carbons (Fsp3) is 0.600. The Labute approximate surface area is 134 Å². The van der Waals surface area contributed by atoms with Crippen molar-refractivity contribution in [1.29, 1.82) is 0 Å². The van der Waals surface area contributed by atoms with Gasteiger partial charge in [0.1, 0.15) is 5.69 Å². The van der Waals surface area contributed by atoms with Crippen LogP contribution in [0.4, 0.5) is 11.4 Å². The number of benzene rings is 1. The van der Waals surface area contributed by atoms with E-state index in [1.807, 2.05) is 6.07 Å². The van der Waals surface area contributed by atoms with E-state index < -0.39 is 0 Å². The normalized spacial score (nSPS) is 19.4. The van der Waals surface area contributed by atoms with Crippen molar-refractivity contribution in [1.82, 2.24) is 4.90 Å². The minimum Gasteiger partial charge on any atom is -0.379 e. The molecule has 1 aliphatic rings. The third-order valence-electron chi connectivity index (χ3n) is 4.03. The Hall–Kier alpha value is -1.14. The summed E-state index contributed by atoms with van der Waals surface area (Å²) in [4.78, 5) is 13.2. The number of halogens is 1. The molecule has 1 N–H and O–H groups in total. The zero-order valence-electron chi connectivity index (χ0n) is 12.3. The predicted molar refractivity (Wildman–Crippen MR) is 88.8 cm³/mol. The Balaban J connectivity index is 1.82. The second kappa shape index (κ2) is 7.75. The monoisotopic (exact) mass is 355 g/mol. The third kappa shape index (κ3) is 4.68. The van der Waals surface area contributed by atoms with Crippen molar-refractivity contribution < 1.29 is 4.92 Å². The smallest absolute Gasteiger partial charge is 0.293 e. The van der Waals surface area contributed by atoms with Gasteiger partial charge in [-0.05, 0) is 44.9 Å². The predicted octanol–water partition coefficient (Wildman–Crippen LogP) is 4.03. The van der Waals surface area contributed by atoms with Crippen LogP contribution >= 0.6 is 15.9 Å². The van der Waals surface area contributed by atoms with E-state index in [1.54, 1.807) is 6.07 Å². The molecule has 1 unspecified atom stereocenters. The number of rotatable bonds is 6. The number of likely N-dealkylation sites (tertiary alicyclic amines) is 1. The summed E-state index contributed by atoms with van der Waals surface area (Å²) in [6.07, 6.45) is 4.90. The number of nitro groups is 1. The van der Waals surface area contributed by atoms with Gasteiger partial charge in [0.25, 0.3) is 5.69 Å². The molecule has 1 atom stereocenters. The van der Waals surface area contributed by atoms with Crippen molar-refractivity contribution in [2.75, 3.05) is 25.0 Å². The van der Waals surface area contributed by atoms with Gasteiger partial charge >= 0.3 is 0 Å². The van der Waals surface area contributed by atoms with Crippen molar-refractivity contribution in [3.8, 4) is 0 Å². The summed E-state index contributed by atoms with van der Waals surface area (Å²) >= 11 is 3.27. The number of nitrogens with zero attached hydrogens (tertiary/aromatic N) is 2. The van der Waals surface area contributed by atoms with Crippen LogP contribution in [-0.2, 0) is 0 Å². The Morgan fingerprint density at radius 3 is 3.00 bits per heavy atom. The van der Waals surface area contributed by atoms with Crippen molar-refractivity contribution in [3.05, 3.63) is 32.8 Å². The van der Waals surface area contributed by atoms with E-state index in [4.69, 9.17) is 0 Å². The van der Waals surface area contributed by atoms with E-state index in [0.29, 0.717) is 11.7 Å². The molecule has 1 aromatic carbocycles. The number of nitro benzene ring substituents is 1. The summed E-state index contributed by atoms with van der Waals surface area (Å²) in [6.45, 7) is 5.27. The van der Waals surface area contributed by atoms with E-state index in [0.717, 1.165) is 24.0 Å². The van der Waals surface area contributed by atoms with Crippen molar-refractivity contribution >= 4 is 27.3 Å². The van der Waals surface area contributed by atoms with Crippen LogP contribution in [0.1, 0.15) is 32.6 Å². The van der Waals surface area contributed by atoms with Gasteiger partial charge < -0.3 is 10.2 Å². The highest BCUT2D eigenvalue weighted by atomic mass is 79.9. The molecule has 1 saturated heterocycles. The number of nitrogens with one attached hydrogen (secondary N) is 1. The van der Waals surface area contributed by atoms with Crippen LogP contribution in [0, 0.1) is 10.1 Å². The fourth-order valence-corrected chi connectivity index (χ4v) is 3.15. The lowest BCUT2D eigenvalue weighted by Gasteiger charge is -2.33. The number of piperidine rings is 1. The number of hydrogen-bond donors (Lipinski definition) is 1. The van der Waals surface area contributed by atoms with Crippen LogP contribution in [0.2, 0.25) is 0 Å². The molecule has 1 fully saturated rings. The second-order valence-corrected chi connectivity index (χ2v) is 6.50. The minimum atomic E-state index is -0.347. The summed E-state index contributed by atoms with van der Waals surface area (Å²) in [5.41, 5.74) is 0.714. The maximum atomic E-state index is 11.0. The maximum Gasteiger partial charge on any atom is 0.293 e. The average molecular weight is 356 g/mol. The van der Waals surface area contributed by atoms with Gasteiger partial charge in [0.05, 0.1) is 4.92 Å². The first kappa shape index (κ1) is 16.2. The molecule has 116 valence electrons. The largest absolute Gasteiger partial charge is 0.379 e. The second-order valence-electron chi connectivity index (χ2n) is 5.58. The molecule has 1 heterocycles. The summed E-state index contributed by atoms with van der Waals surface area (Å²) in [6, 6.07) is 5.78. The maximum absolute atomic E-state index is 11.0. The molecule has 2 rings (SSSR count). The van der Waals surface area contributed by atoms with Gasteiger partial charge in [0, 0.05) is 29.7 Å². The van der Waals surface area contributed by atoms with Gasteiger partial charge in [-0.1, -0.05) is 22.4 Å². The first-order valence-corrected chi connectivity index (χ1v) is 8.29. The zero-order chi connectivity index (χ0) is 15.2. The molecular formula is C15H22BrN3O2. The van der Waals surface area contributed by atoms with Gasteiger partial charge in [0.2, 0.25) is 0 Å². The number of hydrogen-bond acceptors (Lipinski definition) is 4. The van der Waals surface area contributed by atoms with Gasteiger partial charge in [-0.15, -0.1) is 0 Å². The van der Waals surface area contributed by atoms with Gasteiger partial charge in [-0.3, -0.25) is 10.1 Å². The molecule has 1 aromatic rings. The standard InChI is InChI=1S/C15H22BrN3O2/c1-12-5-2-3-9-18(12)10-4-8-17-14-7-6-13(16)11-15(14)19(20)21/h6-7,11-12,17H,2-5,8-10H2,1H3. The highest BCUT2D eigenvalue weighted by Crippen LogP contribution is 2.27. The van der Waals surface area contributed by atoms with E-state index in [1.165, 1.54) is 31.9 Å².